The van der Waals surface area contributed by atoms with Gasteiger partial charge in [0.1, 0.15) is 17.2 Å². The number of hydrogen-bond acceptors (Lipinski definition) is 4. The fourth-order valence-electron chi connectivity index (χ4n) is 4.41. The molecule has 0 aliphatic heterocycles. The molecule has 0 aromatic heterocycles. The first-order valence-corrected chi connectivity index (χ1v) is 13.7. The maximum atomic E-state index is 13.7. The number of benzene rings is 4. The summed E-state index contributed by atoms with van der Waals surface area (Å²) in [6.45, 7) is 1.76. The van der Waals surface area contributed by atoms with Gasteiger partial charge in [-0.1, -0.05) is 54.9 Å². The Morgan fingerprint density at radius 3 is 1.95 bits per heavy atom. The number of alkyl halides is 7. The molecule has 12 heteroatoms. The second-order valence-electron chi connectivity index (χ2n) is 9.80. The van der Waals surface area contributed by atoms with Gasteiger partial charge >= 0.3 is 18.7 Å². The molecule has 2 unspecified atom stereocenters. The first kappa shape index (κ1) is 33.1. The smallest absolute Gasteiger partial charge is 0.457 e. The summed E-state index contributed by atoms with van der Waals surface area (Å²) in [5.74, 6) is 0.386. The van der Waals surface area contributed by atoms with Crippen LogP contribution in [0.3, 0.4) is 0 Å². The zero-order valence-electron chi connectivity index (χ0n) is 23.1. The van der Waals surface area contributed by atoms with E-state index in [1.54, 1.807) is 42.5 Å². The molecule has 0 aliphatic carbocycles. The van der Waals surface area contributed by atoms with Crippen molar-refractivity contribution in [2.24, 2.45) is 0 Å². The van der Waals surface area contributed by atoms with Crippen LogP contribution in [0.25, 0.3) is 0 Å². The van der Waals surface area contributed by atoms with E-state index < -0.39 is 42.2 Å². The van der Waals surface area contributed by atoms with Crippen LogP contribution >= 0.6 is 11.6 Å². The Balaban J connectivity index is 1.64. The van der Waals surface area contributed by atoms with Crippen LogP contribution in [-0.4, -0.2) is 24.2 Å². The molecule has 0 radical (unpaired) electrons. The van der Waals surface area contributed by atoms with Gasteiger partial charge in [-0.3, -0.25) is 0 Å². The lowest BCUT2D eigenvalue weighted by Gasteiger charge is -2.24. The number of nitrogens with one attached hydrogen (secondary N) is 1. The van der Waals surface area contributed by atoms with Gasteiger partial charge in [0.25, 0.3) is 0 Å². The SMILES string of the molecule is CCc1cc(Oc2cccc(C(NCC(O)c3ccc(C(F)(F)F)cc3)c3cccc(OC(F)(F)C(F)F)c3)c2)ccc1Cl. The minimum absolute atomic E-state index is 0.184. The van der Waals surface area contributed by atoms with Crippen molar-refractivity contribution in [3.8, 4) is 17.2 Å². The van der Waals surface area contributed by atoms with Gasteiger partial charge in [0, 0.05) is 11.6 Å². The lowest BCUT2D eigenvalue weighted by atomic mass is 9.97. The minimum Gasteiger partial charge on any atom is -0.457 e. The van der Waals surface area contributed by atoms with Crippen molar-refractivity contribution in [1.82, 2.24) is 5.32 Å². The highest BCUT2D eigenvalue weighted by Crippen LogP contribution is 2.34. The molecule has 4 rings (SSSR count). The summed E-state index contributed by atoms with van der Waals surface area (Å²) in [7, 11) is 0. The van der Waals surface area contributed by atoms with Gasteiger partial charge in [-0.05, 0) is 83.3 Å². The summed E-state index contributed by atoms with van der Waals surface area (Å²) in [5.41, 5.74) is 1.04. The summed E-state index contributed by atoms with van der Waals surface area (Å²) in [5, 5.41) is 14.4. The van der Waals surface area contributed by atoms with Gasteiger partial charge in [-0.15, -0.1) is 0 Å². The molecule has 4 nitrogen and oxygen atoms in total. The summed E-state index contributed by atoms with van der Waals surface area (Å²) in [4.78, 5) is 0. The van der Waals surface area contributed by atoms with Gasteiger partial charge in [0.05, 0.1) is 17.7 Å². The maximum absolute atomic E-state index is 13.7. The van der Waals surface area contributed by atoms with Crippen molar-refractivity contribution in [3.63, 3.8) is 0 Å². The first-order valence-electron chi connectivity index (χ1n) is 13.4. The third kappa shape index (κ3) is 8.43. The zero-order valence-corrected chi connectivity index (χ0v) is 23.8. The standard InChI is InChI=1S/C32H27ClF7NO3/c1-2-19-15-25(13-14-27(19)33)43-24-7-3-5-21(16-24)29(22-6-4-8-26(17-22)44-32(39,40)30(34)35)41-18-28(42)20-9-11-23(12-10-20)31(36,37)38/h3-17,28-30,41-42H,2,18H2,1H3. The van der Waals surface area contributed by atoms with Gasteiger partial charge in [0.15, 0.2) is 0 Å². The number of aryl methyl sites for hydroxylation is 1. The Morgan fingerprint density at radius 2 is 1.36 bits per heavy atom. The molecule has 0 fully saturated rings. The predicted octanol–water partition coefficient (Wildman–Crippen LogP) is 9.36. The molecule has 44 heavy (non-hydrogen) atoms. The van der Waals surface area contributed by atoms with E-state index in [2.05, 4.69) is 10.1 Å². The van der Waals surface area contributed by atoms with Crippen LogP contribution < -0.4 is 14.8 Å². The summed E-state index contributed by atoms with van der Waals surface area (Å²) < 4.78 is 102. The quantitative estimate of drug-likeness (QED) is 0.151. The third-order valence-electron chi connectivity index (χ3n) is 6.66. The Hall–Kier alpha value is -3.80. The van der Waals surface area contributed by atoms with Crippen LogP contribution in [-0.2, 0) is 12.6 Å². The van der Waals surface area contributed by atoms with E-state index in [9.17, 15) is 35.8 Å². The summed E-state index contributed by atoms with van der Waals surface area (Å²) >= 11 is 6.20. The number of halogens is 8. The molecule has 0 saturated carbocycles. The number of aliphatic hydroxyl groups excluding tert-OH is 1. The van der Waals surface area contributed by atoms with Crippen molar-refractivity contribution < 1.29 is 45.3 Å². The number of hydrogen-bond donors (Lipinski definition) is 2. The van der Waals surface area contributed by atoms with E-state index in [0.29, 0.717) is 34.1 Å². The van der Waals surface area contributed by atoms with Crippen LogP contribution in [0.1, 0.15) is 46.9 Å². The van der Waals surface area contributed by atoms with Crippen LogP contribution in [0.5, 0.6) is 17.2 Å². The molecule has 234 valence electrons. The van der Waals surface area contributed by atoms with Gasteiger partial charge in [0.2, 0.25) is 0 Å². The maximum Gasteiger partial charge on any atom is 0.461 e. The average Bonchev–Trinajstić information content (AvgIpc) is 2.98. The molecule has 0 heterocycles. The van der Waals surface area contributed by atoms with Crippen molar-refractivity contribution in [1.29, 1.82) is 0 Å². The normalized spacial score (nSPS) is 13.5. The van der Waals surface area contributed by atoms with Gasteiger partial charge < -0.3 is 19.9 Å². The highest BCUT2D eigenvalue weighted by Gasteiger charge is 2.44. The van der Waals surface area contributed by atoms with E-state index in [1.807, 2.05) is 6.92 Å². The summed E-state index contributed by atoms with van der Waals surface area (Å²) in [6.07, 6.45) is -13.9. The predicted molar refractivity (Wildman–Crippen MR) is 152 cm³/mol. The van der Waals surface area contributed by atoms with Crippen LogP contribution in [0.2, 0.25) is 5.02 Å². The Bertz CT molecular complexity index is 1550. The van der Waals surface area contributed by atoms with Crippen molar-refractivity contribution in [2.45, 2.75) is 44.2 Å². The molecular formula is C32H27ClF7NO3. The van der Waals surface area contributed by atoms with E-state index >= 15 is 0 Å². The average molecular weight is 642 g/mol. The monoisotopic (exact) mass is 641 g/mol. The van der Waals surface area contributed by atoms with Crippen molar-refractivity contribution >= 4 is 11.6 Å². The first-order chi connectivity index (χ1) is 20.8. The molecule has 0 amide bonds. The van der Waals surface area contributed by atoms with Crippen LogP contribution in [0.4, 0.5) is 30.7 Å². The molecule has 0 spiro atoms. The summed E-state index contributed by atoms with van der Waals surface area (Å²) in [6, 6.07) is 20.2. The third-order valence-corrected chi connectivity index (χ3v) is 7.03. The lowest BCUT2D eigenvalue weighted by molar-refractivity contribution is -0.253. The molecule has 0 aliphatic rings. The van der Waals surface area contributed by atoms with E-state index in [0.717, 1.165) is 42.0 Å². The number of aliphatic hydroxyl groups is 1. The Kier molecular flexibility index (Phi) is 10.4. The second-order valence-corrected chi connectivity index (χ2v) is 10.2. The van der Waals surface area contributed by atoms with Gasteiger partial charge in [-0.25, -0.2) is 0 Å². The number of rotatable bonds is 12. The topological polar surface area (TPSA) is 50.7 Å². The number of ether oxygens (including phenoxy) is 2. The zero-order chi connectivity index (χ0) is 32.1. The molecule has 2 N–H and O–H groups in total. The Labute approximate surface area is 254 Å². The minimum atomic E-state index is -4.73. The Morgan fingerprint density at radius 1 is 0.773 bits per heavy atom. The van der Waals surface area contributed by atoms with E-state index in [1.165, 1.54) is 12.1 Å². The highest BCUT2D eigenvalue weighted by molar-refractivity contribution is 6.31. The van der Waals surface area contributed by atoms with Gasteiger partial charge in [-0.2, -0.15) is 30.7 Å². The second kappa shape index (κ2) is 13.9. The molecule has 4 aromatic carbocycles. The fraction of sp³-hybridized carbons (Fsp3) is 0.250. The van der Waals surface area contributed by atoms with Crippen LogP contribution in [0.15, 0.2) is 91.0 Å². The molecule has 2 atom stereocenters. The highest BCUT2D eigenvalue weighted by atomic mass is 35.5. The fourth-order valence-corrected chi connectivity index (χ4v) is 4.66. The largest absolute Gasteiger partial charge is 0.461 e. The van der Waals surface area contributed by atoms with E-state index in [-0.39, 0.29) is 12.1 Å². The molecule has 0 saturated heterocycles. The van der Waals surface area contributed by atoms with E-state index in [4.69, 9.17) is 16.3 Å². The van der Waals surface area contributed by atoms with Crippen molar-refractivity contribution in [3.05, 3.63) is 124 Å². The molecule has 4 aromatic rings. The molecular weight excluding hydrogens is 615 g/mol. The van der Waals surface area contributed by atoms with Crippen molar-refractivity contribution in [2.75, 3.05) is 6.54 Å². The van der Waals surface area contributed by atoms with Crippen LogP contribution in [0, 0.1) is 0 Å². The molecule has 0 bridgehead atoms. The lowest BCUT2D eigenvalue weighted by Crippen LogP contribution is -2.33.